The molecule has 0 aliphatic heterocycles. The Balaban J connectivity index is 2.20. The molecule has 5 heteroatoms. The number of aryl methyl sites for hydroxylation is 2. The molecule has 4 nitrogen and oxygen atoms in total. The highest BCUT2D eigenvalue weighted by molar-refractivity contribution is 7.14. The molecular weight excluding hydrogens is 310 g/mol. The van der Waals surface area contributed by atoms with Crippen LogP contribution in [0.3, 0.4) is 0 Å². The van der Waals surface area contributed by atoms with Crippen LogP contribution in [0, 0.1) is 6.92 Å². The van der Waals surface area contributed by atoms with Crippen molar-refractivity contribution >= 4 is 17.2 Å². The second-order valence-corrected chi connectivity index (χ2v) is 6.51. The summed E-state index contributed by atoms with van der Waals surface area (Å²) in [5.74, 6) is 1.41. The first kappa shape index (κ1) is 17.3. The molecule has 1 heterocycles. The van der Waals surface area contributed by atoms with Gasteiger partial charge in [-0.1, -0.05) is 6.92 Å². The predicted molar refractivity (Wildman–Crippen MR) is 93.9 cm³/mol. The molecule has 124 valence electrons. The maximum absolute atomic E-state index is 12.5. The number of carbonyl (C=O) groups is 1. The zero-order chi connectivity index (χ0) is 17.0. The van der Waals surface area contributed by atoms with Crippen molar-refractivity contribution in [2.24, 2.45) is 0 Å². The number of hydrogen-bond acceptors (Lipinski definition) is 4. The van der Waals surface area contributed by atoms with Crippen LogP contribution >= 0.6 is 11.3 Å². The highest BCUT2D eigenvalue weighted by Gasteiger charge is 2.18. The molecule has 2 rings (SSSR count). The first-order valence-corrected chi connectivity index (χ1v) is 8.43. The highest BCUT2D eigenvalue weighted by Crippen LogP contribution is 2.30. The van der Waals surface area contributed by atoms with Gasteiger partial charge >= 0.3 is 0 Å². The number of thiophene rings is 1. The van der Waals surface area contributed by atoms with Crippen LogP contribution in [0.25, 0.3) is 0 Å². The molecule has 0 fully saturated rings. The topological polar surface area (TPSA) is 47.6 Å². The molecule has 1 amide bonds. The SMILES string of the molecule is CCc1sc(C(=O)N[C@@H](C)c2cc(OC)ccc2OC)cc1C. The lowest BCUT2D eigenvalue weighted by molar-refractivity contribution is 0.0943. The number of carbonyl (C=O) groups excluding carboxylic acids is 1. The van der Waals surface area contributed by atoms with Gasteiger partial charge in [-0.05, 0) is 50.1 Å². The summed E-state index contributed by atoms with van der Waals surface area (Å²) in [6.07, 6.45) is 0.947. The van der Waals surface area contributed by atoms with Gasteiger partial charge in [0.15, 0.2) is 0 Å². The van der Waals surface area contributed by atoms with E-state index in [1.807, 2.05) is 38.1 Å². The van der Waals surface area contributed by atoms with Gasteiger partial charge in [0.25, 0.3) is 5.91 Å². The molecule has 0 saturated heterocycles. The van der Waals surface area contributed by atoms with Crippen molar-refractivity contribution in [1.29, 1.82) is 0 Å². The monoisotopic (exact) mass is 333 g/mol. The average molecular weight is 333 g/mol. The van der Waals surface area contributed by atoms with Crippen LogP contribution in [0.4, 0.5) is 0 Å². The number of rotatable bonds is 6. The number of amides is 1. The van der Waals surface area contributed by atoms with Gasteiger partial charge in [-0.25, -0.2) is 0 Å². The van der Waals surface area contributed by atoms with Gasteiger partial charge in [0, 0.05) is 10.4 Å². The Morgan fingerprint density at radius 3 is 2.57 bits per heavy atom. The van der Waals surface area contributed by atoms with E-state index in [0.29, 0.717) is 0 Å². The Labute approximate surface area is 141 Å². The van der Waals surface area contributed by atoms with Crippen molar-refractivity contribution in [1.82, 2.24) is 5.32 Å². The minimum Gasteiger partial charge on any atom is -0.497 e. The molecule has 2 aromatic rings. The lowest BCUT2D eigenvalue weighted by Gasteiger charge is -2.18. The number of methoxy groups -OCH3 is 2. The number of nitrogens with one attached hydrogen (secondary N) is 1. The van der Waals surface area contributed by atoms with Gasteiger partial charge in [-0.15, -0.1) is 11.3 Å². The van der Waals surface area contributed by atoms with Gasteiger partial charge in [-0.3, -0.25) is 4.79 Å². The molecule has 0 bridgehead atoms. The summed E-state index contributed by atoms with van der Waals surface area (Å²) >= 11 is 1.55. The standard InChI is InChI=1S/C18H23NO3S/c1-6-16-11(2)9-17(23-16)18(20)19-12(3)14-10-13(21-4)7-8-15(14)22-5/h7-10,12H,6H2,1-5H3,(H,19,20)/t12-/m0/s1. The Hall–Kier alpha value is -2.01. The second-order valence-electron chi connectivity index (χ2n) is 5.37. The van der Waals surface area contributed by atoms with Crippen LogP contribution in [0.15, 0.2) is 24.3 Å². The molecule has 0 unspecified atom stereocenters. The molecule has 0 spiro atoms. The molecule has 1 aromatic carbocycles. The fraction of sp³-hybridized carbons (Fsp3) is 0.389. The summed E-state index contributed by atoms with van der Waals surface area (Å²) in [4.78, 5) is 14.5. The number of benzene rings is 1. The first-order chi connectivity index (χ1) is 11.0. The summed E-state index contributed by atoms with van der Waals surface area (Å²) in [6, 6.07) is 7.35. The molecule has 0 radical (unpaired) electrons. The third-order valence-corrected chi connectivity index (χ3v) is 5.20. The summed E-state index contributed by atoms with van der Waals surface area (Å²) in [6.45, 7) is 6.08. The molecule has 0 aliphatic rings. The fourth-order valence-corrected chi connectivity index (χ4v) is 3.52. The summed E-state index contributed by atoms with van der Waals surface area (Å²) in [5, 5.41) is 3.04. The quantitative estimate of drug-likeness (QED) is 0.865. The van der Waals surface area contributed by atoms with Crippen molar-refractivity contribution in [2.45, 2.75) is 33.2 Å². The van der Waals surface area contributed by atoms with Crippen LogP contribution in [0.5, 0.6) is 11.5 Å². The lowest BCUT2D eigenvalue weighted by Crippen LogP contribution is -2.26. The van der Waals surface area contributed by atoms with E-state index in [9.17, 15) is 4.79 Å². The zero-order valence-corrected chi connectivity index (χ0v) is 15.0. The smallest absolute Gasteiger partial charge is 0.261 e. The summed E-state index contributed by atoms with van der Waals surface area (Å²) < 4.78 is 10.7. The second kappa shape index (κ2) is 7.51. The Morgan fingerprint density at radius 1 is 1.26 bits per heavy atom. The highest BCUT2D eigenvalue weighted by atomic mass is 32.1. The van der Waals surface area contributed by atoms with Gasteiger partial charge < -0.3 is 14.8 Å². The van der Waals surface area contributed by atoms with Gasteiger partial charge in [0.2, 0.25) is 0 Å². The van der Waals surface area contributed by atoms with E-state index < -0.39 is 0 Å². The van der Waals surface area contributed by atoms with Crippen molar-refractivity contribution in [3.8, 4) is 11.5 Å². The molecule has 1 aromatic heterocycles. The summed E-state index contributed by atoms with van der Waals surface area (Å²) in [7, 11) is 3.24. The van der Waals surface area contributed by atoms with Gasteiger partial charge in [-0.2, -0.15) is 0 Å². The van der Waals surface area contributed by atoms with Crippen molar-refractivity contribution in [2.75, 3.05) is 14.2 Å². The van der Waals surface area contributed by atoms with Crippen LogP contribution in [-0.4, -0.2) is 20.1 Å². The normalized spacial score (nSPS) is 11.9. The van der Waals surface area contributed by atoms with E-state index in [0.717, 1.165) is 28.4 Å². The summed E-state index contributed by atoms with van der Waals surface area (Å²) in [5.41, 5.74) is 2.07. The van der Waals surface area contributed by atoms with Gasteiger partial charge in [0.1, 0.15) is 11.5 Å². The van der Waals surface area contributed by atoms with Crippen LogP contribution in [0.2, 0.25) is 0 Å². The van der Waals surface area contributed by atoms with Crippen LogP contribution < -0.4 is 14.8 Å². The predicted octanol–water partition coefficient (Wildman–Crippen LogP) is 4.13. The van der Waals surface area contributed by atoms with Crippen LogP contribution in [-0.2, 0) is 6.42 Å². The Bertz CT molecular complexity index is 694. The average Bonchev–Trinajstić information content (AvgIpc) is 2.95. The molecule has 1 atom stereocenters. The minimum atomic E-state index is -0.181. The lowest BCUT2D eigenvalue weighted by atomic mass is 10.1. The molecule has 23 heavy (non-hydrogen) atoms. The van der Waals surface area contributed by atoms with E-state index in [4.69, 9.17) is 9.47 Å². The van der Waals surface area contributed by atoms with E-state index in [1.54, 1.807) is 25.6 Å². The Kier molecular flexibility index (Phi) is 5.66. The molecule has 0 saturated carbocycles. The van der Waals surface area contributed by atoms with Crippen molar-refractivity contribution in [3.63, 3.8) is 0 Å². The van der Waals surface area contributed by atoms with Crippen molar-refractivity contribution < 1.29 is 14.3 Å². The van der Waals surface area contributed by atoms with E-state index >= 15 is 0 Å². The van der Waals surface area contributed by atoms with E-state index in [2.05, 4.69) is 12.2 Å². The van der Waals surface area contributed by atoms with Crippen molar-refractivity contribution in [3.05, 3.63) is 45.1 Å². The molecular formula is C18H23NO3S. The first-order valence-electron chi connectivity index (χ1n) is 7.62. The Morgan fingerprint density at radius 2 is 2.00 bits per heavy atom. The maximum atomic E-state index is 12.5. The van der Waals surface area contributed by atoms with Crippen LogP contribution in [0.1, 0.15) is 45.6 Å². The molecule has 0 aliphatic carbocycles. The zero-order valence-electron chi connectivity index (χ0n) is 14.2. The maximum Gasteiger partial charge on any atom is 0.261 e. The van der Waals surface area contributed by atoms with E-state index in [-0.39, 0.29) is 11.9 Å². The largest absolute Gasteiger partial charge is 0.497 e. The minimum absolute atomic E-state index is 0.0600. The fourth-order valence-electron chi connectivity index (χ4n) is 2.51. The van der Waals surface area contributed by atoms with E-state index in [1.165, 1.54) is 10.4 Å². The van der Waals surface area contributed by atoms with Gasteiger partial charge in [0.05, 0.1) is 25.1 Å². The third-order valence-electron chi connectivity index (χ3n) is 3.82. The molecule has 1 N–H and O–H groups in total. The number of hydrogen-bond donors (Lipinski definition) is 1. The third kappa shape index (κ3) is 3.85. The number of ether oxygens (including phenoxy) is 2.